The van der Waals surface area contributed by atoms with E-state index >= 15 is 0 Å². The molecule has 1 atom stereocenters. The minimum absolute atomic E-state index is 0.00332. The Morgan fingerprint density at radius 1 is 1.16 bits per heavy atom. The van der Waals surface area contributed by atoms with Crippen molar-refractivity contribution in [2.45, 2.75) is 19.5 Å². The first kappa shape index (κ1) is 17.9. The summed E-state index contributed by atoms with van der Waals surface area (Å²) < 4.78 is 0. The summed E-state index contributed by atoms with van der Waals surface area (Å²) in [6.45, 7) is 7.19. The number of quaternary nitrogens is 2. The molecule has 0 unspecified atom stereocenters. The predicted octanol–water partition coefficient (Wildman–Crippen LogP) is 0.0456. The molecule has 3 rings (SSSR count). The van der Waals surface area contributed by atoms with Gasteiger partial charge in [-0.15, -0.1) is 0 Å². The van der Waals surface area contributed by atoms with Gasteiger partial charge in [-0.05, 0) is 19.1 Å². The van der Waals surface area contributed by atoms with Crippen LogP contribution in [0.3, 0.4) is 0 Å². The van der Waals surface area contributed by atoms with Crippen LogP contribution in [-0.2, 0) is 11.3 Å². The molecule has 0 aliphatic carbocycles. The second-order valence-corrected chi connectivity index (χ2v) is 6.98. The van der Waals surface area contributed by atoms with Crippen molar-refractivity contribution in [3.63, 3.8) is 0 Å². The van der Waals surface area contributed by atoms with E-state index in [1.165, 1.54) is 10.5 Å². The minimum atomic E-state index is -0.102. The van der Waals surface area contributed by atoms with Crippen molar-refractivity contribution in [2.75, 3.05) is 31.5 Å². The van der Waals surface area contributed by atoms with Gasteiger partial charge in [0.15, 0.2) is 11.2 Å². The third-order valence-corrected chi connectivity index (χ3v) is 5.22. The van der Waals surface area contributed by atoms with Crippen LogP contribution >= 0.6 is 11.6 Å². The number of pyridine rings is 1. The van der Waals surface area contributed by atoms with Gasteiger partial charge >= 0.3 is 0 Å². The number of nitrogens with one attached hydrogen (secondary N) is 3. The molecule has 1 aliphatic rings. The maximum atomic E-state index is 12.5. The Morgan fingerprint density at radius 3 is 2.56 bits per heavy atom. The lowest BCUT2D eigenvalue weighted by atomic mass is 10.1. The fourth-order valence-corrected chi connectivity index (χ4v) is 3.49. The van der Waals surface area contributed by atoms with Crippen molar-refractivity contribution in [3.05, 3.63) is 59.4 Å². The van der Waals surface area contributed by atoms with Gasteiger partial charge in [-0.1, -0.05) is 41.9 Å². The monoisotopic (exact) mass is 360 g/mol. The second-order valence-electron chi connectivity index (χ2n) is 6.62. The molecule has 6 heteroatoms. The molecule has 1 fully saturated rings. The van der Waals surface area contributed by atoms with Crippen molar-refractivity contribution in [2.24, 2.45) is 0 Å². The van der Waals surface area contributed by atoms with E-state index in [-0.39, 0.29) is 11.9 Å². The average molecular weight is 361 g/mol. The van der Waals surface area contributed by atoms with Crippen molar-refractivity contribution in [3.8, 4) is 0 Å². The molecule has 132 valence electrons. The summed E-state index contributed by atoms with van der Waals surface area (Å²) in [6, 6.07) is 14.0. The number of hydrogen-bond acceptors (Lipinski definition) is 2. The Hall–Kier alpha value is -1.95. The van der Waals surface area contributed by atoms with E-state index in [0.29, 0.717) is 10.8 Å². The van der Waals surface area contributed by atoms with E-state index in [1.807, 2.05) is 6.92 Å². The highest BCUT2D eigenvalue weighted by Gasteiger charge is 2.31. The topological polar surface area (TPSA) is 50.9 Å². The zero-order valence-corrected chi connectivity index (χ0v) is 15.2. The van der Waals surface area contributed by atoms with Crippen LogP contribution in [0.15, 0.2) is 48.7 Å². The number of hydrogen-bond donors (Lipinski definition) is 3. The smallest absolute Gasteiger partial charge is 0.282 e. The molecule has 5 nitrogen and oxygen atoms in total. The lowest BCUT2D eigenvalue weighted by molar-refractivity contribution is -1.02. The fourth-order valence-electron chi connectivity index (χ4n) is 3.32. The molecule has 0 saturated carbocycles. The summed E-state index contributed by atoms with van der Waals surface area (Å²) in [5.74, 6) is -0.00332. The highest BCUT2D eigenvalue weighted by molar-refractivity contribution is 6.32. The van der Waals surface area contributed by atoms with Gasteiger partial charge in [0.1, 0.15) is 32.7 Å². The number of carbonyl (C=O) groups excluding carboxylic acids is 1. The van der Waals surface area contributed by atoms with E-state index in [0.717, 1.165) is 32.7 Å². The first-order chi connectivity index (χ1) is 12.1. The van der Waals surface area contributed by atoms with Gasteiger partial charge in [-0.3, -0.25) is 4.79 Å². The summed E-state index contributed by atoms with van der Waals surface area (Å²) in [5, 5.41) is 3.23. The van der Waals surface area contributed by atoms with Crippen LogP contribution in [0.25, 0.3) is 0 Å². The SMILES string of the molecule is C[C@@H](C(=O)Nc1cccnc1Cl)[NH+]1CC[NH+](Cc2ccccc2)CC1. The third-order valence-electron chi connectivity index (χ3n) is 4.92. The zero-order valence-electron chi connectivity index (χ0n) is 14.5. The van der Waals surface area contributed by atoms with Crippen molar-refractivity contribution in [1.29, 1.82) is 0 Å². The second kappa shape index (κ2) is 8.43. The van der Waals surface area contributed by atoms with Crippen LogP contribution < -0.4 is 15.1 Å². The summed E-state index contributed by atoms with van der Waals surface area (Å²) in [5.41, 5.74) is 1.95. The number of rotatable bonds is 5. The molecule has 1 aliphatic heterocycles. The molecule has 25 heavy (non-hydrogen) atoms. The lowest BCUT2D eigenvalue weighted by Gasteiger charge is -2.32. The largest absolute Gasteiger partial charge is 0.322 e. The van der Waals surface area contributed by atoms with Crippen LogP contribution in [0.5, 0.6) is 0 Å². The summed E-state index contributed by atoms with van der Waals surface area (Å²) in [6.07, 6.45) is 1.61. The molecule has 1 aromatic heterocycles. The first-order valence-electron chi connectivity index (χ1n) is 8.77. The maximum absolute atomic E-state index is 12.5. The lowest BCUT2D eigenvalue weighted by Crippen LogP contribution is -3.29. The van der Waals surface area contributed by atoms with Crippen LogP contribution in [0.1, 0.15) is 12.5 Å². The molecule has 2 heterocycles. The molecule has 0 radical (unpaired) electrons. The molecule has 0 bridgehead atoms. The Labute approximate surface area is 153 Å². The zero-order chi connectivity index (χ0) is 17.6. The van der Waals surface area contributed by atoms with Crippen LogP contribution in [0.2, 0.25) is 5.15 Å². The van der Waals surface area contributed by atoms with E-state index in [4.69, 9.17) is 11.6 Å². The standard InChI is InChI=1S/C19H23ClN4O/c1-15(19(25)22-17-8-5-9-21-18(17)20)24-12-10-23(11-13-24)14-16-6-3-2-4-7-16/h2-9,15H,10-14H2,1H3,(H,22,25)/p+2/t15-/m0/s1. The summed E-state index contributed by atoms with van der Waals surface area (Å²) in [7, 11) is 0. The third kappa shape index (κ3) is 4.78. The normalized spacial score (nSPS) is 21.5. The van der Waals surface area contributed by atoms with Gasteiger partial charge in [-0.2, -0.15) is 0 Å². The highest BCUT2D eigenvalue weighted by Crippen LogP contribution is 2.17. The van der Waals surface area contributed by atoms with Gasteiger partial charge in [-0.25, -0.2) is 4.98 Å². The quantitative estimate of drug-likeness (QED) is 0.660. The van der Waals surface area contributed by atoms with Crippen molar-refractivity contribution in [1.82, 2.24) is 4.98 Å². The highest BCUT2D eigenvalue weighted by atomic mass is 35.5. The Bertz CT molecular complexity index is 702. The average Bonchev–Trinajstić information content (AvgIpc) is 2.64. The maximum Gasteiger partial charge on any atom is 0.282 e. The van der Waals surface area contributed by atoms with Gasteiger partial charge in [0.25, 0.3) is 5.91 Å². The molecule has 1 amide bonds. The van der Waals surface area contributed by atoms with E-state index in [2.05, 4.69) is 40.6 Å². The Morgan fingerprint density at radius 2 is 1.88 bits per heavy atom. The molecule has 1 aromatic carbocycles. The van der Waals surface area contributed by atoms with Crippen LogP contribution in [0.4, 0.5) is 5.69 Å². The number of aromatic nitrogens is 1. The van der Waals surface area contributed by atoms with Crippen LogP contribution in [0, 0.1) is 0 Å². The van der Waals surface area contributed by atoms with Gasteiger partial charge in [0.2, 0.25) is 0 Å². The Balaban J connectivity index is 1.50. The van der Waals surface area contributed by atoms with E-state index < -0.39 is 0 Å². The molecule has 3 N–H and O–H groups in total. The number of carbonyl (C=O) groups is 1. The molecular weight excluding hydrogens is 336 g/mol. The molecule has 1 saturated heterocycles. The number of piperazine rings is 1. The fraction of sp³-hybridized carbons (Fsp3) is 0.368. The predicted molar refractivity (Wildman–Crippen MR) is 98.9 cm³/mol. The first-order valence-corrected chi connectivity index (χ1v) is 9.14. The van der Waals surface area contributed by atoms with Crippen molar-refractivity contribution < 1.29 is 14.6 Å². The number of anilines is 1. The summed E-state index contributed by atoms with van der Waals surface area (Å²) in [4.78, 5) is 19.4. The number of benzene rings is 1. The minimum Gasteiger partial charge on any atom is -0.322 e. The number of nitrogens with zero attached hydrogens (tertiary/aromatic N) is 1. The number of amides is 1. The molecule has 2 aromatic rings. The van der Waals surface area contributed by atoms with Gasteiger partial charge in [0, 0.05) is 11.8 Å². The molecular formula is C19H25ClN4O+2. The van der Waals surface area contributed by atoms with E-state index in [9.17, 15) is 4.79 Å². The summed E-state index contributed by atoms with van der Waals surface area (Å²) >= 11 is 6.02. The van der Waals surface area contributed by atoms with Crippen LogP contribution in [-0.4, -0.2) is 43.1 Å². The van der Waals surface area contributed by atoms with Gasteiger partial charge in [0.05, 0.1) is 5.69 Å². The molecule has 0 spiro atoms. The van der Waals surface area contributed by atoms with Gasteiger partial charge < -0.3 is 15.1 Å². The Kier molecular flexibility index (Phi) is 6.02. The van der Waals surface area contributed by atoms with Crippen molar-refractivity contribution >= 4 is 23.2 Å². The van der Waals surface area contributed by atoms with E-state index in [1.54, 1.807) is 23.2 Å². The number of halogens is 1.